The fraction of sp³-hybridized carbons (Fsp3) is 0.0476. The number of hydrogen-bond acceptors (Lipinski definition) is 2. The van der Waals surface area contributed by atoms with Crippen molar-refractivity contribution < 1.29 is 0 Å². The monoisotopic (exact) mass is 296 g/mol. The van der Waals surface area contributed by atoms with E-state index in [2.05, 4.69) is 37.3 Å². The van der Waals surface area contributed by atoms with Crippen LogP contribution >= 0.6 is 0 Å². The first kappa shape index (κ1) is 13.6. The maximum absolute atomic E-state index is 4.87. The molecule has 1 heterocycles. The van der Waals surface area contributed by atoms with E-state index in [1.807, 2.05) is 48.5 Å². The standard InChI is InChI=1S/C21H16N2/c1-15-12-13-19-18(14-15)20(16-8-4-2-5-9-16)23-21(22-19)17-10-6-3-7-11-17/h2-14H,1H3. The van der Waals surface area contributed by atoms with Crippen LogP contribution in [0, 0.1) is 6.92 Å². The van der Waals surface area contributed by atoms with Crippen molar-refractivity contribution in [1.29, 1.82) is 0 Å². The van der Waals surface area contributed by atoms with Crippen molar-refractivity contribution in [1.82, 2.24) is 9.97 Å². The van der Waals surface area contributed by atoms with E-state index in [0.717, 1.165) is 33.5 Å². The Morgan fingerprint density at radius 2 is 1.30 bits per heavy atom. The molecule has 110 valence electrons. The maximum atomic E-state index is 4.87. The van der Waals surface area contributed by atoms with E-state index < -0.39 is 0 Å². The minimum atomic E-state index is 0.765. The van der Waals surface area contributed by atoms with Crippen molar-refractivity contribution in [3.8, 4) is 22.6 Å². The molecule has 0 fully saturated rings. The summed E-state index contributed by atoms with van der Waals surface area (Å²) in [6, 6.07) is 26.8. The Hall–Kier alpha value is -3.00. The molecule has 0 saturated carbocycles. The van der Waals surface area contributed by atoms with E-state index in [-0.39, 0.29) is 0 Å². The van der Waals surface area contributed by atoms with Crippen LogP contribution in [0.25, 0.3) is 33.5 Å². The van der Waals surface area contributed by atoms with Gasteiger partial charge in [-0.05, 0) is 19.1 Å². The summed E-state index contributed by atoms with van der Waals surface area (Å²) in [5, 5.41) is 1.09. The summed E-state index contributed by atoms with van der Waals surface area (Å²) in [5.74, 6) is 0.765. The average Bonchev–Trinajstić information content (AvgIpc) is 2.62. The molecule has 0 amide bonds. The molecule has 0 spiro atoms. The van der Waals surface area contributed by atoms with Gasteiger partial charge in [0.1, 0.15) is 0 Å². The lowest BCUT2D eigenvalue weighted by molar-refractivity contribution is 1.23. The molecule has 0 aliphatic rings. The molecular weight excluding hydrogens is 280 g/mol. The van der Waals surface area contributed by atoms with Crippen molar-refractivity contribution in [2.45, 2.75) is 6.92 Å². The number of hydrogen-bond donors (Lipinski definition) is 0. The van der Waals surface area contributed by atoms with Crippen LogP contribution < -0.4 is 0 Å². The Morgan fingerprint density at radius 1 is 0.652 bits per heavy atom. The third-order valence-electron chi connectivity index (χ3n) is 3.93. The zero-order chi connectivity index (χ0) is 15.6. The highest BCUT2D eigenvalue weighted by Gasteiger charge is 2.11. The summed E-state index contributed by atoms with van der Waals surface area (Å²) in [6.07, 6.45) is 0. The van der Waals surface area contributed by atoms with E-state index in [9.17, 15) is 0 Å². The Labute approximate surface area is 135 Å². The van der Waals surface area contributed by atoms with Gasteiger partial charge in [-0.3, -0.25) is 0 Å². The summed E-state index contributed by atoms with van der Waals surface area (Å²) in [6.45, 7) is 2.10. The van der Waals surface area contributed by atoms with Crippen molar-refractivity contribution in [2.24, 2.45) is 0 Å². The Morgan fingerprint density at radius 3 is 2.00 bits per heavy atom. The van der Waals surface area contributed by atoms with Crippen LogP contribution in [0.3, 0.4) is 0 Å². The van der Waals surface area contributed by atoms with Gasteiger partial charge in [0, 0.05) is 16.5 Å². The van der Waals surface area contributed by atoms with Gasteiger partial charge in [-0.15, -0.1) is 0 Å². The fourth-order valence-corrected chi connectivity index (χ4v) is 2.77. The molecule has 0 bridgehead atoms. The lowest BCUT2D eigenvalue weighted by atomic mass is 10.0. The Bertz CT molecular complexity index is 961. The second kappa shape index (κ2) is 5.65. The normalized spacial score (nSPS) is 10.8. The summed E-state index contributed by atoms with van der Waals surface area (Å²) in [5.41, 5.74) is 5.32. The molecule has 2 heteroatoms. The molecule has 4 rings (SSSR count). The number of rotatable bonds is 2. The minimum Gasteiger partial charge on any atom is -0.228 e. The largest absolute Gasteiger partial charge is 0.228 e. The summed E-state index contributed by atoms with van der Waals surface area (Å²) in [7, 11) is 0. The van der Waals surface area contributed by atoms with Gasteiger partial charge < -0.3 is 0 Å². The third-order valence-corrected chi connectivity index (χ3v) is 3.93. The highest BCUT2D eigenvalue weighted by atomic mass is 14.9. The van der Waals surface area contributed by atoms with Gasteiger partial charge in [0.15, 0.2) is 5.82 Å². The minimum absolute atomic E-state index is 0.765. The first-order valence-electron chi connectivity index (χ1n) is 7.70. The molecule has 0 atom stereocenters. The Balaban J connectivity index is 2.04. The molecule has 1 aromatic heterocycles. The molecule has 23 heavy (non-hydrogen) atoms. The lowest BCUT2D eigenvalue weighted by Crippen LogP contribution is -1.95. The lowest BCUT2D eigenvalue weighted by Gasteiger charge is -2.10. The van der Waals surface area contributed by atoms with Crippen LogP contribution in [0.1, 0.15) is 5.56 Å². The van der Waals surface area contributed by atoms with Gasteiger partial charge in [-0.1, -0.05) is 72.3 Å². The second-order valence-corrected chi connectivity index (χ2v) is 5.65. The van der Waals surface area contributed by atoms with Gasteiger partial charge in [-0.25, -0.2) is 9.97 Å². The van der Waals surface area contributed by atoms with Crippen LogP contribution in [0.5, 0.6) is 0 Å². The molecular formula is C21H16N2. The SMILES string of the molecule is Cc1ccc2nc(-c3ccccc3)nc(-c3ccccc3)c2c1. The van der Waals surface area contributed by atoms with Gasteiger partial charge >= 0.3 is 0 Å². The van der Waals surface area contributed by atoms with Crippen LogP contribution in [-0.2, 0) is 0 Å². The summed E-state index contributed by atoms with van der Waals surface area (Å²) in [4.78, 5) is 9.63. The van der Waals surface area contributed by atoms with Gasteiger partial charge in [-0.2, -0.15) is 0 Å². The number of nitrogens with zero attached hydrogens (tertiary/aromatic N) is 2. The number of fused-ring (bicyclic) bond motifs is 1. The molecule has 0 aliphatic heterocycles. The van der Waals surface area contributed by atoms with Crippen LogP contribution in [-0.4, -0.2) is 9.97 Å². The topological polar surface area (TPSA) is 25.8 Å². The quantitative estimate of drug-likeness (QED) is 0.503. The molecule has 0 N–H and O–H groups in total. The zero-order valence-corrected chi connectivity index (χ0v) is 12.9. The average molecular weight is 296 g/mol. The van der Waals surface area contributed by atoms with Crippen LogP contribution in [0.2, 0.25) is 0 Å². The smallest absolute Gasteiger partial charge is 0.160 e. The van der Waals surface area contributed by atoms with Gasteiger partial charge in [0.05, 0.1) is 11.2 Å². The highest BCUT2D eigenvalue weighted by molar-refractivity contribution is 5.94. The van der Waals surface area contributed by atoms with Gasteiger partial charge in [0.2, 0.25) is 0 Å². The number of benzene rings is 3. The summed E-state index contributed by atoms with van der Waals surface area (Å²) < 4.78 is 0. The molecule has 0 aliphatic carbocycles. The van der Waals surface area contributed by atoms with E-state index in [4.69, 9.17) is 9.97 Å². The predicted octanol–water partition coefficient (Wildman–Crippen LogP) is 5.27. The van der Waals surface area contributed by atoms with Crippen LogP contribution in [0.4, 0.5) is 0 Å². The third kappa shape index (κ3) is 2.59. The van der Waals surface area contributed by atoms with Crippen molar-refractivity contribution >= 4 is 10.9 Å². The first-order chi connectivity index (χ1) is 11.3. The van der Waals surface area contributed by atoms with E-state index in [1.165, 1.54) is 5.56 Å². The Kier molecular flexibility index (Phi) is 3.35. The van der Waals surface area contributed by atoms with Crippen molar-refractivity contribution in [2.75, 3.05) is 0 Å². The highest BCUT2D eigenvalue weighted by Crippen LogP contribution is 2.29. The fourth-order valence-electron chi connectivity index (χ4n) is 2.77. The molecule has 0 saturated heterocycles. The molecule has 3 aromatic carbocycles. The zero-order valence-electron chi connectivity index (χ0n) is 12.9. The summed E-state index contributed by atoms with van der Waals surface area (Å²) >= 11 is 0. The van der Waals surface area contributed by atoms with Crippen molar-refractivity contribution in [3.63, 3.8) is 0 Å². The van der Waals surface area contributed by atoms with Gasteiger partial charge in [0.25, 0.3) is 0 Å². The first-order valence-corrected chi connectivity index (χ1v) is 7.70. The number of aromatic nitrogens is 2. The number of aryl methyl sites for hydroxylation is 1. The van der Waals surface area contributed by atoms with Crippen LogP contribution in [0.15, 0.2) is 78.9 Å². The van der Waals surface area contributed by atoms with E-state index >= 15 is 0 Å². The van der Waals surface area contributed by atoms with E-state index in [0.29, 0.717) is 0 Å². The molecule has 2 nitrogen and oxygen atoms in total. The maximum Gasteiger partial charge on any atom is 0.160 e. The second-order valence-electron chi connectivity index (χ2n) is 5.65. The molecule has 0 radical (unpaired) electrons. The molecule has 0 unspecified atom stereocenters. The van der Waals surface area contributed by atoms with Crippen molar-refractivity contribution in [3.05, 3.63) is 84.4 Å². The predicted molar refractivity (Wildman–Crippen MR) is 95.1 cm³/mol. The van der Waals surface area contributed by atoms with E-state index in [1.54, 1.807) is 0 Å². The molecule has 4 aromatic rings.